The van der Waals surface area contributed by atoms with E-state index in [1.807, 2.05) is 6.92 Å². The fraction of sp³-hybridized carbons (Fsp3) is 0.462. The minimum Gasteiger partial charge on any atom is -0.333 e. The molecule has 0 saturated carbocycles. The van der Waals surface area contributed by atoms with Gasteiger partial charge < -0.3 is 10.2 Å². The molecule has 6 nitrogen and oxygen atoms in total. The van der Waals surface area contributed by atoms with Crippen molar-refractivity contribution < 1.29 is 13.2 Å². The first-order valence-electron chi connectivity index (χ1n) is 6.46. The van der Waals surface area contributed by atoms with Crippen LogP contribution in [0.1, 0.15) is 22.8 Å². The minimum atomic E-state index is -3.75. The van der Waals surface area contributed by atoms with E-state index in [0.29, 0.717) is 17.7 Å². The van der Waals surface area contributed by atoms with Gasteiger partial charge in [0.2, 0.25) is 10.0 Å². The van der Waals surface area contributed by atoms with Crippen LogP contribution in [0.2, 0.25) is 0 Å². The maximum Gasteiger partial charge on any atom is 0.254 e. The van der Waals surface area contributed by atoms with E-state index in [1.54, 1.807) is 17.9 Å². The molecule has 0 aliphatic carbocycles. The molecule has 3 N–H and O–H groups in total. The van der Waals surface area contributed by atoms with Gasteiger partial charge in [0.1, 0.15) is 0 Å². The molecule has 1 aromatic carbocycles. The number of rotatable bonds is 2. The number of sulfonamides is 1. The van der Waals surface area contributed by atoms with Gasteiger partial charge >= 0.3 is 0 Å². The third kappa shape index (κ3) is 3.00. The third-order valence-corrected chi connectivity index (χ3v) is 4.56. The summed E-state index contributed by atoms with van der Waals surface area (Å²) in [7, 11) is -3.75. The maximum absolute atomic E-state index is 12.4. The van der Waals surface area contributed by atoms with E-state index < -0.39 is 10.0 Å². The van der Waals surface area contributed by atoms with Crippen LogP contribution in [-0.2, 0) is 10.0 Å². The van der Waals surface area contributed by atoms with Gasteiger partial charge in [-0.05, 0) is 37.6 Å². The molecule has 1 aliphatic rings. The SMILES string of the molecule is Cc1cc(C(=O)N2CCNC[C@H]2C)ccc1S(N)(=O)=O. The molecule has 0 bridgehead atoms. The molecule has 7 heteroatoms. The van der Waals surface area contributed by atoms with Crippen LogP contribution in [0.3, 0.4) is 0 Å². The average molecular weight is 297 g/mol. The van der Waals surface area contributed by atoms with Gasteiger partial charge in [-0.25, -0.2) is 13.6 Å². The molecular weight excluding hydrogens is 278 g/mol. The van der Waals surface area contributed by atoms with Crippen molar-refractivity contribution in [1.29, 1.82) is 0 Å². The Labute approximate surface area is 119 Å². The number of carbonyl (C=O) groups is 1. The summed E-state index contributed by atoms with van der Waals surface area (Å²) in [6.45, 7) is 5.80. The first-order chi connectivity index (χ1) is 9.30. The molecule has 2 rings (SSSR count). The highest BCUT2D eigenvalue weighted by Crippen LogP contribution is 2.17. The third-order valence-electron chi connectivity index (χ3n) is 3.49. The number of hydrogen-bond donors (Lipinski definition) is 2. The van der Waals surface area contributed by atoms with E-state index in [0.717, 1.165) is 13.1 Å². The summed E-state index contributed by atoms with van der Waals surface area (Å²) in [4.78, 5) is 14.3. The molecule has 0 unspecified atom stereocenters. The van der Waals surface area contributed by atoms with Gasteiger partial charge in [0.15, 0.2) is 0 Å². The van der Waals surface area contributed by atoms with Crippen molar-refractivity contribution in [1.82, 2.24) is 10.2 Å². The second kappa shape index (κ2) is 5.51. The second-order valence-corrected chi connectivity index (χ2v) is 6.61. The molecule has 110 valence electrons. The number of piperazine rings is 1. The number of carbonyl (C=O) groups excluding carboxylic acids is 1. The van der Waals surface area contributed by atoms with Crippen LogP contribution in [-0.4, -0.2) is 44.9 Å². The number of hydrogen-bond acceptors (Lipinski definition) is 4. The predicted molar refractivity (Wildman–Crippen MR) is 75.9 cm³/mol. The number of primary sulfonamides is 1. The van der Waals surface area contributed by atoms with Crippen LogP contribution in [0.5, 0.6) is 0 Å². The Morgan fingerprint density at radius 1 is 1.45 bits per heavy atom. The first-order valence-corrected chi connectivity index (χ1v) is 8.00. The number of amides is 1. The molecule has 1 aliphatic heterocycles. The van der Waals surface area contributed by atoms with Crippen LogP contribution in [0, 0.1) is 6.92 Å². The van der Waals surface area contributed by atoms with Gasteiger partial charge in [0.25, 0.3) is 5.91 Å². The van der Waals surface area contributed by atoms with Crippen molar-refractivity contribution in [3.05, 3.63) is 29.3 Å². The monoisotopic (exact) mass is 297 g/mol. The molecular formula is C13H19N3O3S. The zero-order chi connectivity index (χ0) is 14.9. The standard InChI is InChI=1S/C13H19N3O3S/c1-9-7-11(3-4-12(9)20(14,18)19)13(17)16-6-5-15-8-10(16)2/h3-4,7,10,15H,5-6,8H2,1-2H3,(H2,14,18,19)/t10-/m1/s1. The Morgan fingerprint density at radius 3 is 2.70 bits per heavy atom. The zero-order valence-electron chi connectivity index (χ0n) is 11.6. The van der Waals surface area contributed by atoms with Gasteiger partial charge in [0.05, 0.1) is 4.90 Å². The largest absolute Gasteiger partial charge is 0.333 e. The molecule has 1 atom stereocenters. The Morgan fingerprint density at radius 2 is 2.15 bits per heavy atom. The molecule has 0 spiro atoms. The van der Waals surface area contributed by atoms with E-state index in [4.69, 9.17) is 5.14 Å². The molecule has 1 aromatic rings. The second-order valence-electron chi connectivity index (χ2n) is 5.08. The molecule has 1 fully saturated rings. The van der Waals surface area contributed by atoms with Crippen LogP contribution in [0.4, 0.5) is 0 Å². The van der Waals surface area contributed by atoms with Crippen molar-refractivity contribution in [2.75, 3.05) is 19.6 Å². The Bertz CT molecular complexity index is 628. The van der Waals surface area contributed by atoms with E-state index in [2.05, 4.69) is 5.32 Å². The summed E-state index contributed by atoms with van der Waals surface area (Å²) >= 11 is 0. The highest BCUT2D eigenvalue weighted by atomic mass is 32.2. The molecule has 1 saturated heterocycles. The zero-order valence-corrected chi connectivity index (χ0v) is 12.4. The fourth-order valence-corrected chi connectivity index (χ4v) is 3.18. The Hall–Kier alpha value is -1.44. The number of benzene rings is 1. The van der Waals surface area contributed by atoms with Crippen molar-refractivity contribution in [3.63, 3.8) is 0 Å². The smallest absolute Gasteiger partial charge is 0.254 e. The quantitative estimate of drug-likeness (QED) is 0.808. The topological polar surface area (TPSA) is 92.5 Å². The van der Waals surface area contributed by atoms with Gasteiger partial charge in [-0.3, -0.25) is 4.79 Å². The molecule has 1 amide bonds. The van der Waals surface area contributed by atoms with Gasteiger partial charge in [-0.15, -0.1) is 0 Å². The van der Waals surface area contributed by atoms with Crippen molar-refractivity contribution >= 4 is 15.9 Å². The lowest BCUT2D eigenvalue weighted by Crippen LogP contribution is -2.52. The summed E-state index contributed by atoms with van der Waals surface area (Å²) in [5.74, 6) is -0.0805. The number of nitrogens with one attached hydrogen (secondary N) is 1. The lowest BCUT2D eigenvalue weighted by Gasteiger charge is -2.34. The molecule has 0 radical (unpaired) electrons. The summed E-state index contributed by atoms with van der Waals surface area (Å²) in [6.07, 6.45) is 0. The summed E-state index contributed by atoms with van der Waals surface area (Å²) in [5.41, 5.74) is 0.977. The van der Waals surface area contributed by atoms with E-state index in [1.165, 1.54) is 12.1 Å². The lowest BCUT2D eigenvalue weighted by atomic mass is 10.1. The van der Waals surface area contributed by atoms with Crippen molar-refractivity contribution in [2.24, 2.45) is 5.14 Å². The molecule has 1 heterocycles. The summed E-state index contributed by atoms with van der Waals surface area (Å²) < 4.78 is 22.7. The predicted octanol–water partition coefficient (Wildman–Crippen LogP) is 0.0763. The first kappa shape index (κ1) is 15.0. The highest BCUT2D eigenvalue weighted by molar-refractivity contribution is 7.89. The number of nitrogens with zero attached hydrogens (tertiary/aromatic N) is 1. The Kier molecular flexibility index (Phi) is 4.12. The minimum absolute atomic E-state index is 0.0578. The van der Waals surface area contributed by atoms with Crippen molar-refractivity contribution in [3.8, 4) is 0 Å². The van der Waals surface area contributed by atoms with E-state index >= 15 is 0 Å². The number of aryl methyl sites for hydroxylation is 1. The fourth-order valence-electron chi connectivity index (χ4n) is 2.41. The highest BCUT2D eigenvalue weighted by Gasteiger charge is 2.24. The molecule has 20 heavy (non-hydrogen) atoms. The van der Waals surface area contributed by atoms with Crippen LogP contribution in [0.15, 0.2) is 23.1 Å². The van der Waals surface area contributed by atoms with Gasteiger partial charge in [-0.1, -0.05) is 0 Å². The van der Waals surface area contributed by atoms with E-state index in [-0.39, 0.29) is 16.8 Å². The van der Waals surface area contributed by atoms with Crippen LogP contribution in [0.25, 0.3) is 0 Å². The van der Waals surface area contributed by atoms with Crippen LogP contribution >= 0.6 is 0 Å². The van der Waals surface area contributed by atoms with Crippen molar-refractivity contribution in [2.45, 2.75) is 24.8 Å². The summed E-state index contributed by atoms with van der Waals surface area (Å²) in [5, 5.41) is 8.34. The van der Waals surface area contributed by atoms with Gasteiger partial charge in [-0.2, -0.15) is 0 Å². The molecule has 0 aromatic heterocycles. The Balaban J connectivity index is 2.30. The van der Waals surface area contributed by atoms with Gasteiger partial charge in [0, 0.05) is 31.2 Å². The number of nitrogens with two attached hydrogens (primary N) is 1. The lowest BCUT2D eigenvalue weighted by molar-refractivity contribution is 0.0655. The normalized spacial score (nSPS) is 19.9. The maximum atomic E-state index is 12.4. The van der Waals surface area contributed by atoms with Crippen LogP contribution < -0.4 is 10.5 Å². The van der Waals surface area contributed by atoms with E-state index in [9.17, 15) is 13.2 Å². The summed E-state index contributed by atoms with van der Waals surface area (Å²) in [6, 6.07) is 4.61. The average Bonchev–Trinajstić information content (AvgIpc) is 2.37.